The van der Waals surface area contributed by atoms with Crippen molar-refractivity contribution in [3.63, 3.8) is 0 Å². The zero-order chi connectivity index (χ0) is 22.6. The van der Waals surface area contributed by atoms with Crippen LogP contribution in [-0.4, -0.2) is 25.9 Å². The van der Waals surface area contributed by atoms with Crippen LogP contribution in [0.1, 0.15) is 22.3 Å². The van der Waals surface area contributed by atoms with Crippen molar-refractivity contribution in [2.75, 3.05) is 13.2 Å². The van der Waals surface area contributed by atoms with Crippen LogP contribution in [0.4, 0.5) is 4.39 Å². The number of nitrogens with zero attached hydrogens (tertiary/aromatic N) is 2. The molecule has 3 aromatic rings. The monoisotopic (exact) mass is 452 g/mol. The zero-order valence-electron chi connectivity index (χ0n) is 17.2. The highest BCUT2D eigenvalue weighted by molar-refractivity contribution is 7.89. The zero-order valence-corrected chi connectivity index (χ0v) is 18.0. The average Bonchev–Trinajstić information content (AvgIpc) is 3.03. The molecule has 0 saturated heterocycles. The van der Waals surface area contributed by atoms with Crippen molar-refractivity contribution in [1.82, 2.24) is 4.31 Å². The summed E-state index contributed by atoms with van der Waals surface area (Å²) in [6.07, 6.45) is 0. The molecule has 0 bridgehead atoms. The number of benzene rings is 3. The Balaban J connectivity index is 1.49. The molecule has 0 amide bonds. The average molecular weight is 453 g/mol. The Bertz CT molecular complexity index is 1250. The van der Waals surface area contributed by atoms with Gasteiger partial charge in [0.05, 0.1) is 29.7 Å². The van der Waals surface area contributed by atoms with E-state index in [0.717, 1.165) is 11.1 Å². The van der Waals surface area contributed by atoms with E-state index in [2.05, 4.69) is 0 Å². The molecule has 0 fully saturated rings. The van der Waals surface area contributed by atoms with Gasteiger partial charge >= 0.3 is 0 Å². The van der Waals surface area contributed by atoms with E-state index in [4.69, 9.17) is 14.7 Å². The van der Waals surface area contributed by atoms with Gasteiger partial charge in [0.2, 0.25) is 10.0 Å². The smallest absolute Gasteiger partial charge is 0.243 e. The fourth-order valence-corrected chi connectivity index (χ4v) is 4.87. The number of fused-ring (bicyclic) bond motifs is 1. The Morgan fingerprint density at radius 2 is 1.84 bits per heavy atom. The summed E-state index contributed by atoms with van der Waals surface area (Å²) in [4.78, 5) is 0.129. The first-order chi connectivity index (χ1) is 15.5. The molecule has 4 rings (SSSR count). The first-order valence-corrected chi connectivity index (χ1v) is 11.5. The minimum absolute atomic E-state index is 0.129. The predicted molar refractivity (Wildman–Crippen MR) is 116 cm³/mol. The highest BCUT2D eigenvalue weighted by Gasteiger charge is 2.27. The lowest BCUT2D eigenvalue weighted by Gasteiger charge is -2.19. The maximum absolute atomic E-state index is 13.7. The van der Waals surface area contributed by atoms with Crippen molar-refractivity contribution < 1.29 is 22.3 Å². The molecule has 0 spiro atoms. The van der Waals surface area contributed by atoms with E-state index in [1.807, 2.05) is 18.2 Å². The van der Waals surface area contributed by atoms with Crippen molar-refractivity contribution in [3.05, 3.63) is 94.8 Å². The third-order valence-electron chi connectivity index (χ3n) is 5.18. The summed E-state index contributed by atoms with van der Waals surface area (Å²) >= 11 is 0. The largest absolute Gasteiger partial charge is 0.492 e. The second-order valence-electron chi connectivity index (χ2n) is 7.35. The Hall–Kier alpha value is -3.25. The molecule has 0 unspecified atom stereocenters. The molecule has 0 aliphatic carbocycles. The van der Waals surface area contributed by atoms with Crippen molar-refractivity contribution in [2.24, 2.45) is 0 Å². The molecule has 0 saturated carbocycles. The fraction of sp³-hybridized carbons (Fsp3) is 0.208. The van der Waals surface area contributed by atoms with Gasteiger partial charge in [-0.3, -0.25) is 0 Å². The van der Waals surface area contributed by atoms with Gasteiger partial charge in [-0.2, -0.15) is 9.57 Å². The summed E-state index contributed by atoms with van der Waals surface area (Å²) in [6.45, 7) is 0.976. The second-order valence-corrected chi connectivity index (χ2v) is 9.29. The summed E-state index contributed by atoms with van der Waals surface area (Å²) in [5.74, 6) is 0.312. The van der Waals surface area contributed by atoms with Gasteiger partial charge in [0.15, 0.2) is 0 Å². The molecule has 3 aromatic carbocycles. The van der Waals surface area contributed by atoms with E-state index in [0.29, 0.717) is 16.9 Å². The lowest BCUT2D eigenvalue weighted by atomic mass is 10.1. The maximum atomic E-state index is 13.7. The van der Waals surface area contributed by atoms with Crippen LogP contribution in [-0.2, 0) is 34.5 Å². The van der Waals surface area contributed by atoms with Crippen LogP contribution in [0.25, 0.3) is 0 Å². The summed E-state index contributed by atoms with van der Waals surface area (Å²) in [5, 5.41) is 8.94. The highest BCUT2D eigenvalue weighted by atomic mass is 32.2. The van der Waals surface area contributed by atoms with Crippen LogP contribution in [0.5, 0.6) is 5.75 Å². The van der Waals surface area contributed by atoms with Gasteiger partial charge in [-0.05, 0) is 48.0 Å². The van der Waals surface area contributed by atoms with E-state index < -0.39 is 10.0 Å². The van der Waals surface area contributed by atoms with Crippen LogP contribution in [0, 0.1) is 17.1 Å². The Morgan fingerprint density at radius 1 is 1.06 bits per heavy atom. The number of halogens is 1. The lowest BCUT2D eigenvalue weighted by Crippen LogP contribution is -2.32. The first kappa shape index (κ1) is 22.0. The molecular weight excluding hydrogens is 431 g/mol. The molecule has 0 aromatic heterocycles. The van der Waals surface area contributed by atoms with Crippen LogP contribution in [0.3, 0.4) is 0 Å². The normalized spacial score (nSPS) is 14.1. The Morgan fingerprint density at radius 3 is 2.59 bits per heavy atom. The van der Waals surface area contributed by atoms with Gasteiger partial charge in [-0.15, -0.1) is 0 Å². The van der Waals surface area contributed by atoms with Crippen molar-refractivity contribution in [2.45, 2.75) is 24.7 Å². The van der Waals surface area contributed by atoms with Gasteiger partial charge in [-0.1, -0.05) is 24.3 Å². The number of hydrogen-bond acceptors (Lipinski definition) is 5. The highest BCUT2D eigenvalue weighted by Crippen LogP contribution is 2.28. The number of sulfonamides is 1. The van der Waals surface area contributed by atoms with E-state index in [1.54, 1.807) is 24.3 Å². The van der Waals surface area contributed by atoms with Crippen molar-refractivity contribution in [3.8, 4) is 11.8 Å². The van der Waals surface area contributed by atoms with E-state index >= 15 is 0 Å². The number of rotatable bonds is 6. The van der Waals surface area contributed by atoms with Crippen LogP contribution in [0.15, 0.2) is 71.6 Å². The van der Waals surface area contributed by atoms with Gasteiger partial charge < -0.3 is 9.47 Å². The van der Waals surface area contributed by atoms with Crippen LogP contribution >= 0.6 is 0 Å². The number of hydrogen-bond donors (Lipinski definition) is 0. The molecule has 1 aliphatic heterocycles. The predicted octanol–water partition coefficient (Wildman–Crippen LogP) is 4.00. The molecule has 8 heteroatoms. The number of nitriles is 1. The fourth-order valence-electron chi connectivity index (χ4n) is 3.46. The maximum Gasteiger partial charge on any atom is 0.243 e. The summed E-state index contributed by atoms with van der Waals surface area (Å²) in [5.41, 5.74) is 2.44. The summed E-state index contributed by atoms with van der Waals surface area (Å²) in [6, 6.07) is 19.8. The molecule has 164 valence electrons. The quantitative estimate of drug-likeness (QED) is 0.565. The second kappa shape index (κ2) is 9.49. The van der Waals surface area contributed by atoms with E-state index in [9.17, 15) is 12.8 Å². The number of ether oxygens (including phenoxy) is 2. The lowest BCUT2D eigenvalue weighted by molar-refractivity contribution is 0.105. The molecule has 1 heterocycles. The molecule has 6 nitrogen and oxygen atoms in total. The minimum atomic E-state index is -3.75. The standard InChI is InChI=1S/C24H21FN2O4S/c25-23-4-2-1-3-20(23)17-30-16-19-7-10-24-21(13-19)15-27(11-12-31-24)32(28,29)22-8-5-18(14-26)6-9-22/h1-10,13H,11-12,15-17H2. The van der Waals surface area contributed by atoms with Gasteiger partial charge in [0.25, 0.3) is 0 Å². The van der Waals surface area contributed by atoms with Crippen molar-refractivity contribution in [1.29, 1.82) is 5.26 Å². The van der Waals surface area contributed by atoms with E-state index in [1.165, 1.54) is 34.6 Å². The summed E-state index contributed by atoms with van der Waals surface area (Å²) < 4.78 is 52.8. The van der Waals surface area contributed by atoms with Gasteiger partial charge in [-0.25, -0.2) is 12.8 Å². The summed E-state index contributed by atoms with van der Waals surface area (Å²) in [7, 11) is -3.75. The molecular formula is C24H21FN2O4S. The molecule has 1 aliphatic rings. The van der Waals surface area contributed by atoms with Gasteiger partial charge in [0.1, 0.15) is 18.2 Å². The third-order valence-corrected chi connectivity index (χ3v) is 7.03. The van der Waals surface area contributed by atoms with Gasteiger partial charge in [0, 0.05) is 24.2 Å². The molecule has 0 atom stereocenters. The molecule has 0 radical (unpaired) electrons. The van der Waals surface area contributed by atoms with E-state index in [-0.39, 0.29) is 43.6 Å². The molecule has 32 heavy (non-hydrogen) atoms. The van der Waals surface area contributed by atoms with Crippen molar-refractivity contribution >= 4 is 10.0 Å². The minimum Gasteiger partial charge on any atom is -0.492 e. The SMILES string of the molecule is N#Cc1ccc(S(=O)(=O)N2CCOc3ccc(COCc4ccccc4F)cc3C2)cc1. The topological polar surface area (TPSA) is 79.6 Å². The van der Waals surface area contributed by atoms with Crippen LogP contribution < -0.4 is 4.74 Å². The Labute approximate surface area is 186 Å². The third kappa shape index (κ3) is 4.81. The molecule has 0 N–H and O–H groups in total. The first-order valence-electron chi connectivity index (χ1n) is 10.0. The van der Waals surface area contributed by atoms with Crippen LogP contribution in [0.2, 0.25) is 0 Å². The Kier molecular flexibility index (Phi) is 6.51.